The van der Waals surface area contributed by atoms with Gasteiger partial charge in [-0.15, -0.1) is 0 Å². The zero-order valence-electron chi connectivity index (χ0n) is 17.1. The van der Waals surface area contributed by atoms with E-state index in [9.17, 15) is 27.6 Å². The van der Waals surface area contributed by atoms with Crippen molar-refractivity contribution >= 4 is 10.9 Å². The molecule has 0 radical (unpaired) electrons. The lowest BCUT2D eigenvalue weighted by atomic mass is 9.76. The van der Waals surface area contributed by atoms with E-state index in [1.165, 1.54) is 37.4 Å². The van der Waals surface area contributed by atoms with Gasteiger partial charge < -0.3 is 9.72 Å². The van der Waals surface area contributed by atoms with Crippen LogP contribution in [0.1, 0.15) is 48.0 Å². The van der Waals surface area contributed by atoms with Gasteiger partial charge in [-0.3, -0.25) is 9.78 Å². The molecule has 3 atom stereocenters. The third-order valence-corrected chi connectivity index (χ3v) is 5.97. The summed E-state index contributed by atoms with van der Waals surface area (Å²) in [5.74, 6) is -2.05. The van der Waals surface area contributed by atoms with E-state index in [1.807, 2.05) is 6.07 Å². The van der Waals surface area contributed by atoms with Gasteiger partial charge in [0.05, 0.1) is 23.2 Å². The second kappa shape index (κ2) is 7.67. The first-order chi connectivity index (χ1) is 15.0. The van der Waals surface area contributed by atoms with Crippen molar-refractivity contribution in [1.82, 2.24) is 15.0 Å². The molecule has 0 aromatic carbocycles. The predicted molar refractivity (Wildman–Crippen MR) is 107 cm³/mol. The van der Waals surface area contributed by atoms with E-state index < -0.39 is 41.3 Å². The molecule has 3 aromatic heterocycles. The van der Waals surface area contributed by atoms with Crippen LogP contribution in [0, 0.1) is 24.1 Å². The van der Waals surface area contributed by atoms with E-state index in [1.54, 1.807) is 0 Å². The number of aromatic nitrogens is 3. The van der Waals surface area contributed by atoms with E-state index in [2.05, 4.69) is 15.0 Å². The second-order valence-corrected chi connectivity index (χ2v) is 8.04. The minimum Gasteiger partial charge on any atom is -0.365 e. The van der Waals surface area contributed by atoms with Crippen molar-refractivity contribution in [1.29, 1.82) is 5.26 Å². The highest BCUT2D eigenvalue weighted by atomic mass is 19.4. The average Bonchev–Trinajstić information content (AvgIpc) is 2.74. The predicted octanol–water partition coefficient (Wildman–Crippen LogP) is 4.25. The van der Waals surface area contributed by atoms with Gasteiger partial charge in [-0.25, -0.2) is 9.37 Å². The number of hydrogen-bond donors (Lipinski definition) is 1. The standard InChI is InChI=1S/C22H18F4N4O2/c1-11-14(23)3-4-15(29-11)12-8-21(2,22(24,25)26)32-10-13(12)17-7-19(31)20-16(30-17)5-6-28-18(20)9-27/h3-7,12-13H,8,10H2,1-2H3,(H,30,31)/t12-,13-,21-/m1/s1. The third kappa shape index (κ3) is 3.62. The molecular formula is C22H18F4N4O2. The van der Waals surface area contributed by atoms with Crippen LogP contribution >= 0.6 is 0 Å². The van der Waals surface area contributed by atoms with Crippen molar-refractivity contribution in [3.8, 4) is 6.07 Å². The molecule has 10 heteroatoms. The maximum absolute atomic E-state index is 13.8. The Bertz CT molecular complexity index is 1300. The highest BCUT2D eigenvalue weighted by Crippen LogP contribution is 2.49. The van der Waals surface area contributed by atoms with E-state index >= 15 is 0 Å². The maximum atomic E-state index is 13.8. The normalized spacial score (nSPS) is 23.8. The Morgan fingerprint density at radius 2 is 2.03 bits per heavy atom. The van der Waals surface area contributed by atoms with Crippen molar-refractivity contribution in [3.05, 3.63) is 69.3 Å². The van der Waals surface area contributed by atoms with Gasteiger partial charge >= 0.3 is 6.18 Å². The Kier molecular flexibility index (Phi) is 5.25. The van der Waals surface area contributed by atoms with Gasteiger partial charge in [0.1, 0.15) is 11.9 Å². The molecule has 0 saturated carbocycles. The smallest absolute Gasteiger partial charge is 0.365 e. The van der Waals surface area contributed by atoms with E-state index in [0.717, 1.165) is 6.92 Å². The number of aromatic amines is 1. The Morgan fingerprint density at radius 1 is 1.28 bits per heavy atom. The summed E-state index contributed by atoms with van der Waals surface area (Å²) in [5.41, 5.74) is -1.93. The summed E-state index contributed by atoms with van der Waals surface area (Å²) < 4.78 is 60.3. The number of alkyl halides is 3. The first-order valence-electron chi connectivity index (χ1n) is 9.80. The summed E-state index contributed by atoms with van der Waals surface area (Å²) in [5, 5.41) is 9.32. The van der Waals surface area contributed by atoms with E-state index in [4.69, 9.17) is 4.74 Å². The summed E-state index contributed by atoms with van der Waals surface area (Å²) in [6.07, 6.45) is -3.73. The molecule has 0 aliphatic carbocycles. The van der Waals surface area contributed by atoms with Gasteiger partial charge in [0.25, 0.3) is 0 Å². The Labute approximate surface area is 179 Å². The first-order valence-corrected chi connectivity index (χ1v) is 9.80. The van der Waals surface area contributed by atoms with Gasteiger partial charge in [-0.05, 0) is 38.5 Å². The molecule has 6 nitrogen and oxygen atoms in total. The van der Waals surface area contributed by atoms with Crippen molar-refractivity contribution in [2.24, 2.45) is 0 Å². The van der Waals surface area contributed by atoms with Crippen molar-refractivity contribution in [2.75, 3.05) is 6.61 Å². The van der Waals surface area contributed by atoms with Crippen LogP contribution in [-0.2, 0) is 4.74 Å². The summed E-state index contributed by atoms with van der Waals surface area (Å²) in [6, 6.07) is 7.15. The van der Waals surface area contributed by atoms with Crippen LogP contribution in [0.2, 0.25) is 0 Å². The highest BCUT2D eigenvalue weighted by Gasteiger charge is 2.57. The minimum absolute atomic E-state index is 0.0489. The summed E-state index contributed by atoms with van der Waals surface area (Å²) in [7, 11) is 0. The number of nitrogens with one attached hydrogen (secondary N) is 1. The molecule has 1 aliphatic heterocycles. The highest BCUT2D eigenvalue weighted by molar-refractivity contribution is 5.82. The molecule has 32 heavy (non-hydrogen) atoms. The summed E-state index contributed by atoms with van der Waals surface area (Å²) >= 11 is 0. The number of nitrogens with zero attached hydrogens (tertiary/aromatic N) is 3. The van der Waals surface area contributed by atoms with Crippen molar-refractivity contribution < 1.29 is 22.3 Å². The molecule has 4 rings (SSSR count). The van der Waals surface area contributed by atoms with Gasteiger partial charge in [0.15, 0.2) is 16.7 Å². The summed E-state index contributed by atoms with van der Waals surface area (Å²) in [4.78, 5) is 23.9. The number of nitriles is 1. The minimum atomic E-state index is -4.63. The number of aryl methyl sites for hydroxylation is 1. The number of H-pyrrole nitrogens is 1. The number of pyridine rings is 3. The fourth-order valence-corrected chi connectivity index (χ4v) is 4.10. The fourth-order valence-electron chi connectivity index (χ4n) is 4.10. The number of rotatable bonds is 2. The van der Waals surface area contributed by atoms with E-state index in [0.29, 0.717) is 11.2 Å². The van der Waals surface area contributed by atoms with Crippen molar-refractivity contribution in [2.45, 2.75) is 43.9 Å². The SMILES string of the molecule is Cc1nc([C@@H]2C[C@](C)(C(F)(F)F)OC[C@H]2c2cc(=O)c3c(C#N)nccc3[nH]2)ccc1F. The molecule has 1 N–H and O–H groups in total. The van der Waals surface area contributed by atoms with Gasteiger partial charge in [-0.2, -0.15) is 18.4 Å². The zero-order valence-corrected chi connectivity index (χ0v) is 17.1. The lowest BCUT2D eigenvalue weighted by molar-refractivity contribution is -0.286. The van der Waals surface area contributed by atoms with Crippen molar-refractivity contribution in [3.63, 3.8) is 0 Å². The first kappa shape index (κ1) is 21.9. The van der Waals surface area contributed by atoms with Crippen LogP contribution in [0.5, 0.6) is 0 Å². The molecule has 4 heterocycles. The molecule has 0 bridgehead atoms. The van der Waals surface area contributed by atoms with Crippen LogP contribution in [0.4, 0.5) is 17.6 Å². The van der Waals surface area contributed by atoms with Gasteiger partial charge in [-0.1, -0.05) is 0 Å². The van der Waals surface area contributed by atoms with Crippen LogP contribution < -0.4 is 5.43 Å². The maximum Gasteiger partial charge on any atom is 0.417 e. The zero-order chi connectivity index (χ0) is 23.3. The lowest BCUT2D eigenvalue weighted by Gasteiger charge is -2.43. The van der Waals surface area contributed by atoms with Crippen LogP contribution in [-0.4, -0.2) is 33.3 Å². The third-order valence-electron chi connectivity index (χ3n) is 5.97. The molecule has 3 aromatic rings. The van der Waals surface area contributed by atoms with Gasteiger partial charge in [0, 0.05) is 35.5 Å². The number of ether oxygens (including phenoxy) is 1. The molecular weight excluding hydrogens is 428 g/mol. The average molecular weight is 446 g/mol. The molecule has 1 aliphatic rings. The van der Waals surface area contributed by atoms with E-state index in [-0.39, 0.29) is 29.1 Å². The molecule has 1 saturated heterocycles. The van der Waals surface area contributed by atoms with Crippen LogP contribution in [0.3, 0.4) is 0 Å². The molecule has 0 amide bonds. The van der Waals surface area contributed by atoms with Crippen LogP contribution in [0.25, 0.3) is 10.9 Å². The number of fused-ring (bicyclic) bond motifs is 1. The van der Waals surface area contributed by atoms with Gasteiger partial charge in [0.2, 0.25) is 0 Å². The largest absolute Gasteiger partial charge is 0.417 e. The topological polar surface area (TPSA) is 91.7 Å². The Balaban J connectivity index is 1.85. The number of halogens is 4. The molecule has 0 unspecified atom stereocenters. The Hall–Kier alpha value is -3.32. The Morgan fingerprint density at radius 3 is 2.69 bits per heavy atom. The van der Waals surface area contributed by atoms with Crippen LogP contribution in [0.15, 0.2) is 35.3 Å². The molecule has 1 fully saturated rings. The fraction of sp³-hybridized carbons (Fsp3) is 0.364. The number of hydrogen-bond acceptors (Lipinski definition) is 5. The molecule has 166 valence electrons. The quantitative estimate of drug-likeness (QED) is 0.595. The summed E-state index contributed by atoms with van der Waals surface area (Å²) in [6.45, 7) is 2.07. The lowest BCUT2D eigenvalue weighted by Crippen LogP contribution is -2.51. The second-order valence-electron chi connectivity index (χ2n) is 8.04. The molecule has 0 spiro atoms. The monoisotopic (exact) mass is 446 g/mol.